The molecule has 114 valence electrons. The van der Waals surface area contributed by atoms with E-state index in [1.807, 2.05) is 12.1 Å². The standard InChI is InChI=1S/C15H16N4O3/c1-9-12(14(20)22-3)13(19-15(18-9)17-8-16)10-4-6-11(21-2)7-5-10/h4-7,13H,1-3H3,(H2,17,18,19). The van der Waals surface area contributed by atoms with Crippen LogP contribution in [0.15, 0.2) is 40.5 Å². The van der Waals surface area contributed by atoms with Gasteiger partial charge in [0.2, 0.25) is 5.96 Å². The van der Waals surface area contributed by atoms with Gasteiger partial charge in [0.15, 0.2) is 6.19 Å². The second kappa shape index (κ2) is 6.63. The van der Waals surface area contributed by atoms with Gasteiger partial charge in [0.05, 0.1) is 19.8 Å². The van der Waals surface area contributed by atoms with E-state index in [4.69, 9.17) is 14.7 Å². The van der Waals surface area contributed by atoms with Gasteiger partial charge >= 0.3 is 5.97 Å². The molecule has 2 N–H and O–H groups in total. The van der Waals surface area contributed by atoms with Gasteiger partial charge in [-0.1, -0.05) is 12.1 Å². The number of nitrogens with one attached hydrogen (secondary N) is 2. The van der Waals surface area contributed by atoms with Crippen molar-refractivity contribution in [2.75, 3.05) is 14.2 Å². The number of hydrogen-bond donors (Lipinski definition) is 2. The number of ether oxygens (including phenoxy) is 2. The smallest absolute Gasteiger partial charge is 0.338 e. The molecule has 0 amide bonds. The van der Waals surface area contributed by atoms with E-state index in [1.54, 1.807) is 32.4 Å². The van der Waals surface area contributed by atoms with Crippen LogP contribution in [0.3, 0.4) is 0 Å². The highest BCUT2D eigenvalue weighted by atomic mass is 16.5. The fourth-order valence-corrected chi connectivity index (χ4v) is 2.19. The van der Waals surface area contributed by atoms with E-state index in [1.165, 1.54) is 7.11 Å². The van der Waals surface area contributed by atoms with Crippen molar-refractivity contribution in [3.8, 4) is 11.9 Å². The van der Waals surface area contributed by atoms with Crippen LogP contribution in [-0.4, -0.2) is 26.1 Å². The SMILES string of the molecule is COC(=O)C1=C(C)NC(NC#N)=NC1c1ccc(OC)cc1. The minimum atomic E-state index is -0.560. The molecule has 0 saturated heterocycles. The van der Waals surface area contributed by atoms with Gasteiger partial charge in [-0.05, 0) is 24.6 Å². The summed E-state index contributed by atoms with van der Waals surface area (Å²) in [6, 6.07) is 6.65. The zero-order valence-electron chi connectivity index (χ0n) is 12.5. The number of carbonyl (C=O) groups is 1. The molecule has 1 aromatic carbocycles. The average molecular weight is 300 g/mol. The highest BCUT2D eigenvalue weighted by molar-refractivity contribution is 5.95. The predicted molar refractivity (Wildman–Crippen MR) is 79.8 cm³/mol. The lowest BCUT2D eigenvalue weighted by molar-refractivity contribution is -0.136. The zero-order valence-corrected chi connectivity index (χ0v) is 12.5. The van der Waals surface area contributed by atoms with E-state index < -0.39 is 12.0 Å². The van der Waals surface area contributed by atoms with Crippen LogP contribution in [0.25, 0.3) is 0 Å². The van der Waals surface area contributed by atoms with Gasteiger partial charge in [-0.3, -0.25) is 5.32 Å². The van der Waals surface area contributed by atoms with E-state index in [-0.39, 0.29) is 5.96 Å². The quantitative estimate of drug-likeness (QED) is 0.495. The Labute approximate surface area is 128 Å². The number of nitriles is 1. The summed E-state index contributed by atoms with van der Waals surface area (Å²) in [6.45, 7) is 1.73. The molecule has 7 nitrogen and oxygen atoms in total. The molecular formula is C15H16N4O3. The second-order valence-corrected chi connectivity index (χ2v) is 4.55. The number of hydrogen-bond acceptors (Lipinski definition) is 7. The molecule has 0 bridgehead atoms. The summed E-state index contributed by atoms with van der Waals surface area (Å²) < 4.78 is 9.96. The van der Waals surface area contributed by atoms with Crippen molar-refractivity contribution in [2.24, 2.45) is 4.99 Å². The average Bonchev–Trinajstić information content (AvgIpc) is 2.54. The molecule has 1 heterocycles. The molecule has 1 aliphatic rings. The second-order valence-electron chi connectivity index (χ2n) is 4.55. The van der Waals surface area contributed by atoms with Crippen molar-refractivity contribution in [1.29, 1.82) is 5.26 Å². The fraction of sp³-hybridized carbons (Fsp3) is 0.267. The molecule has 22 heavy (non-hydrogen) atoms. The van der Waals surface area contributed by atoms with Gasteiger partial charge in [0, 0.05) is 5.70 Å². The summed E-state index contributed by atoms with van der Waals surface area (Å²) in [4.78, 5) is 16.4. The van der Waals surface area contributed by atoms with Gasteiger partial charge in [-0.2, -0.15) is 5.26 Å². The molecule has 1 unspecified atom stereocenters. The maximum Gasteiger partial charge on any atom is 0.338 e. The number of benzene rings is 1. The summed E-state index contributed by atoms with van der Waals surface area (Å²) in [5.74, 6) is 0.524. The van der Waals surface area contributed by atoms with Gasteiger partial charge < -0.3 is 14.8 Å². The Bertz CT molecular complexity index is 671. The first kappa shape index (κ1) is 15.4. The molecule has 1 aliphatic heterocycles. The molecule has 0 aromatic heterocycles. The topological polar surface area (TPSA) is 95.7 Å². The molecule has 0 fully saturated rings. The van der Waals surface area contributed by atoms with Crippen molar-refractivity contribution in [3.05, 3.63) is 41.1 Å². The molecule has 0 aliphatic carbocycles. The number of esters is 1. The molecule has 1 atom stereocenters. The van der Waals surface area contributed by atoms with Crippen molar-refractivity contribution < 1.29 is 14.3 Å². The maximum absolute atomic E-state index is 12.0. The van der Waals surface area contributed by atoms with Crippen molar-refractivity contribution >= 4 is 11.9 Å². The maximum atomic E-state index is 12.0. The molecule has 0 radical (unpaired) electrons. The molecule has 0 saturated carbocycles. The number of carbonyl (C=O) groups excluding carboxylic acids is 1. The first-order valence-corrected chi connectivity index (χ1v) is 6.53. The van der Waals surface area contributed by atoms with Gasteiger partial charge in [0.1, 0.15) is 11.8 Å². The third-order valence-electron chi connectivity index (χ3n) is 3.25. The number of methoxy groups -OCH3 is 2. The lowest BCUT2D eigenvalue weighted by atomic mass is 9.96. The Hall–Kier alpha value is -3.01. The summed E-state index contributed by atoms with van der Waals surface area (Å²) in [5, 5.41) is 14.1. The fourth-order valence-electron chi connectivity index (χ4n) is 2.19. The van der Waals surface area contributed by atoms with Gasteiger partial charge in [-0.25, -0.2) is 9.79 Å². The lowest BCUT2D eigenvalue weighted by Gasteiger charge is -2.25. The largest absolute Gasteiger partial charge is 0.497 e. The number of nitrogens with zero attached hydrogens (tertiary/aromatic N) is 2. The van der Waals surface area contributed by atoms with Crippen LogP contribution in [0.2, 0.25) is 0 Å². The van der Waals surface area contributed by atoms with Crippen LogP contribution in [0.1, 0.15) is 18.5 Å². The van der Waals surface area contributed by atoms with E-state index in [9.17, 15) is 4.79 Å². The first-order chi connectivity index (χ1) is 10.6. The Morgan fingerprint density at radius 3 is 2.59 bits per heavy atom. The van der Waals surface area contributed by atoms with E-state index in [0.29, 0.717) is 17.0 Å². The zero-order chi connectivity index (χ0) is 16.1. The van der Waals surface area contributed by atoms with E-state index >= 15 is 0 Å². The molecule has 7 heteroatoms. The van der Waals surface area contributed by atoms with Crippen LogP contribution in [0.4, 0.5) is 0 Å². The van der Waals surface area contributed by atoms with Gasteiger partial charge in [0.25, 0.3) is 0 Å². The highest BCUT2D eigenvalue weighted by Gasteiger charge is 2.29. The Kier molecular flexibility index (Phi) is 4.63. The first-order valence-electron chi connectivity index (χ1n) is 6.53. The summed E-state index contributed by atoms with van der Waals surface area (Å²) in [5.41, 5.74) is 1.77. The van der Waals surface area contributed by atoms with Crippen LogP contribution >= 0.6 is 0 Å². The molecular weight excluding hydrogens is 284 g/mol. The summed E-state index contributed by atoms with van der Waals surface area (Å²) >= 11 is 0. The monoisotopic (exact) mass is 300 g/mol. The minimum absolute atomic E-state index is 0.286. The van der Waals surface area contributed by atoms with Crippen molar-refractivity contribution in [2.45, 2.75) is 13.0 Å². The number of guanidine groups is 1. The number of allylic oxidation sites excluding steroid dienone is 1. The van der Waals surface area contributed by atoms with Crippen LogP contribution in [0, 0.1) is 11.5 Å². The highest BCUT2D eigenvalue weighted by Crippen LogP contribution is 2.31. The Morgan fingerprint density at radius 1 is 1.36 bits per heavy atom. The van der Waals surface area contributed by atoms with Gasteiger partial charge in [-0.15, -0.1) is 0 Å². The van der Waals surface area contributed by atoms with Crippen molar-refractivity contribution in [3.63, 3.8) is 0 Å². The minimum Gasteiger partial charge on any atom is -0.497 e. The predicted octanol–water partition coefficient (Wildman–Crippen LogP) is 1.21. The van der Waals surface area contributed by atoms with E-state index in [0.717, 1.165) is 5.56 Å². The molecule has 2 rings (SSSR count). The van der Waals surface area contributed by atoms with Crippen LogP contribution in [0.5, 0.6) is 5.75 Å². The number of aliphatic imine (C=N–C) groups is 1. The third-order valence-corrected chi connectivity index (χ3v) is 3.25. The third kappa shape index (κ3) is 3.01. The Balaban J connectivity index is 2.46. The lowest BCUT2D eigenvalue weighted by Crippen LogP contribution is -2.39. The van der Waals surface area contributed by atoms with Crippen LogP contribution in [-0.2, 0) is 9.53 Å². The number of rotatable bonds is 3. The summed E-state index contributed by atoms with van der Waals surface area (Å²) in [6.07, 6.45) is 1.80. The Morgan fingerprint density at radius 2 is 2.05 bits per heavy atom. The van der Waals surface area contributed by atoms with Crippen LogP contribution < -0.4 is 15.4 Å². The normalized spacial score (nSPS) is 17.0. The summed E-state index contributed by atoms with van der Waals surface area (Å²) in [7, 11) is 2.90. The molecule has 1 aromatic rings. The van der Waals surface area contributed by atoms with E-state index in [2.05, 4.69) is 15.6 Å². The molecule has 0 spiro atoms. The van der Waals surface area contributed by atoms with Crippen molar-refractivity contribution in [1.82, 2.24) is 10.6 Å².